The third kappa shape index (κ3) is 5.84. The van der Waals surface area contributed by atoms with Gasteiger partial charge >= 0.3 is 6.18 Å². The number of anilines is 2. The maximum atomic E-state index is 15.2. The molecule has 2 aromatic carbocycles. The van der Waals surface area contributed by atoms with Crippen LogP contribution >= 0.6 is 11.6 Å². The summed E-state index contributed by atoms with van der Waals surface area (Å²) in [6.45, 7) is -0.0532. The van der Waals surface area contributed by atoms with Crippen LogP contribution in [0.1, 0.15) is 33.8 Å². The molecule has 3 aromatic rings. The number of hydrogen-bond acceptors (Lipinski definition) is 6. The van der Waals surface area contributed by atoms with Crippen molar-refractivity contribution in [3.63, 3.8) is 0 Å². The Bertz CT molecular complexity index is 1480. The van der Waals surface area contributed by atoms with E-state index in [0.717, 1.165) is 24.4 Å². The smallest absolute Gasteiger partial charge is 0.421 e. The Morgan fingerprint density at radius 1 is 1.14 bits per heavy atom. The van der Waals surface area contributed by atoms with Crippen LogP contribution in [0.5, 0.6) is 5.75 Å². The molecular weight excluding hydrogens is 587 g/mol. The summed E-state index contributed by atoms with van der Waals surface area (Å²) in [6.07, 6.45) is -3.41. The Morgan fingerprint density at radius 3 is 2.43 bits per heavy atom. The van der Waals surface area contributed by atoms with Crippen molar-refractivity contribution in [1.82, 2.24) is 10.3 Å². The van der Waals surface area contributed by atoms with E-state index in [-0.39, 0.29) is 23.6 Å². The van der Waals surface area contributed by atoms with Gasteiger partial charge in [-0.05, 0) is 36.8 Å². The third-order valence-electron chi connectivity index (χ3n) is 7.13. The lowest BCUT2D eigenvalue weighted by Crippen LogP contribution is -2.44. The van der Waals surface area contributed by atoms with E-state index in [9.17, 15) is 22.8 Å². The van der Waals surface area contributed by atoms with E-state index in [1.807, 2.05) is 0 Å². The fourth-order valence-electron chi connectivity index (χ4n) is 5.13. The minimum Gasteiger partial charge on any atom is -0.497 e. The van der Waals surface area contributed by atoms with Crippen LogP contribution in [0.15, 0.2) is 48.7 Å². The van der Waals surface area contributed by atoms with Gasteiger partial charge in [-0.2, -0.15) is 13.2 Å². The molecule has 2 aliphatic rings. The number of methoxy groups -OCH3 is 1. The zero-order valence-electron chi connectivity index (χ0n) is 22.0. The zero-order chi connectivity index (χ0) is 30.2. The maximum Gasteiger partial charge on any atom is 0.421 e. The van der Waals surface area contributed by atoms with Gasteiger partial charge in [0, 0.05) is 53.5 Å². The van der Waals surface area contributed by atoms with Crippen LogP contribution in [0.4, 0.5) is 33.5 Å². The fourth-order valence-corrected chi connectivity index (χ4v) is 5.25. The second kappa shape index (κ2) is 11.7. The molecule has 1 unspecified atom stereocenters. The molecule has 0 saturated carbocycles. The van der Waals surface area contributed by atoms with Crippen LogP contribution in [0.2, 0.25) is 5.02 Å². The van der Waals surface area contributed by atoms with Crippen molar-refractivity contribution in [2.24, 2.45) is 0 Å². The van der Waals surface area contributed by atoms with E-state index in [4.69, 9.17) is 21.1 Å². The number of nitrogens with zero attached hydrogens (tertiary/aromatic N) is 2. The van der Waals surface area contributed by atoms with Gasteiger partial charge in [0.25, 0.3) is 11.8 Å². The van der Waals surface area contributed by atoms with E-state index in [1.54, 1.807) is 0 Å². The Balaban J connectivity index is 1.58. The van der Waals surface area contributed by atoms with E-state index in [1.165, 1.54) is 31.4 Å². The van der Waals surface area contributed by atoms with E-state index in [2.05, 4.69) is 15.6 Å². The molecule has 2 saturated heterocycles. The van der Waals surface area contributed by atoms with Gasteiger partial charge in [-0.25, -0.2) is 13.8 Å². The second-order valence-electron chi connectivity index (χ2n) is 9.78. The number of aromatic nitrogens is 1. The lowest BCUT2D eigenvalue weighted by Gasteiger charge is -2.24. The Morgan fingerprint density at radius 2 is 1.83 bits per heavy atom. The molecule has 0 radical (unpaired) electrons. The van der Waals surface area contributed by atoms with Gasteiger partial charge in [0.1, 0.15) is 34.8 Å². The number of carbonyl (C=O) groups is 2. The number of alkyl halides is 3. The number of rotatable bonds is 7. The number of nitrogens with one attached hydrogen (secondary N) is 2. The monoisotopic (exact) mass is 610 g/mol. The molecule has 0 bridgehead atoms. The number of ether oxygens (including phenoxy) is 2. The molecular formula is C28H24ClF5N4O4. The van der Waals surface area contributed by atoms with Gasteiger partial charge in [0.05, 0.1) is 25.4 Å². The molecule has 1 aromatic heterocycles. The summed E-state index contributed by atoms with van der Waals surface area (Å²) >= 11 is 5.88. The van der Waals surface area contributed by atoms with Crippen molar-refractivity contribution in [3.8, 4) is 5.75 Å². The molecule has 3 atom stereocenters. The van der Waals surface area contributed by atoms with Crippen LogP contribution in [0.25, 0.3) is 0 Å². The van der Waals surface area contributed by atoms with Crippen molar-refractivity contribution >= 4 is 34.9 Å². The fraction of sp³-hybridized carbons (Fsp3) is 0.321. The summed E-state index contributed by atoms with van der Waals surface area (Å²) < 4.78 is 84.1. The quantitative estimate of drug-likeness (QED) is 0.359. The number of halogens is 6. The molecule has 222 valence electrons. The average Bonchev–Trinajstić information content (AvgIpc) is 3.56. The molecule has 2 amide bonds. The first-order valence-corrected chi connectivity index (χ1v) is 13.2. The van der Waals surface area contributed by atoms with Crippen molar-refractivity contribution < 1.29 is 41.0 Å². The Kier molecular flexibility index (Phi) is 8.24. The highest BCUT2D eigenvalue weighted by Crippen LogP contribution is 2.44. The predicted octanol–water partition coefficient (Wildman–Crippen LogP) is 5.17. The highest BCUT2D eigenvalue weighted by molar-refractivity contribution is 6.30. The molecule has 0 aliphatic carbocycles. The van der Waals surface area contributed by atoms with Gasteiger partial charge in [-0.3, -0.25) is 14.5 Å². The van der Waals surface area contributed by atoms with Gasteiger partial charge in [-0.15, -0.1) is 0 Å². The van der Waals surface area contributed by atoms with Crippen molar-refractivity contribution in [2.75, 3.05) is 37.1 Å². The number of hydrogen-bond donors (Lipinski definition) is 2. The number of carbonyl (C=O) groups excluding carboxylic acids is 2. The lowest BCUT2D eigenvalue weighted by atomic mass is 9.92. The second-order valence-corrected chi connectivity index (χ2v) is 10.2. The van der Waals surface area contributed by atoms with E-state index < -0.39 is 71.1 Å². The van der Waals surface area contributed by atoms with Gasteiger partial charge in [0.2, 0.25) is 0 Å². The summed E-state index contributed by atoms with van der Waals surface area (Å²) in [7, 11) is 1.20. The summed E-state index contributed by atoms with van der Waals surface area (Å²) in [6, 6.07) is 6.43. The number of amides is 2. The molecule has 14 heteroatoms. The minimum absolute atomic E-state index is 0.0687. The van der Waals surface area contributed by atoms with E-state index in [0.29, 0.717) is 23.0 Å². The molecule has 5 rings (SSSR count). The molecule has 8 nitrogen and oxygen atoms in total. The predicted molar refractivity (Wildman–Crippen MR) is 143 cm³/mol. The first-order valence-electron chi connectivity index (χ1n) is 12.8. The molecule has 0 spiro atoms. The SMILES string of the molecule is COc1cc(F)c([C@@H]2CN(c3nccc(NC4CCOC4)c3C(F)(F)F)C(=O)[C@H]2NC(=O)c2ccc(Cl)cc2)c(F)c1. The average molecular weight is 611 g/mol. The molecule has 42 heavy (non-hydrogen) atoms. The molecule has 2 aliphatic heterocycles. The normalized spacial score (nSPS) is 20.6. The lowest BCUT2D eigenvalue weighted by molar-refractivity contribution is -0.136. The number of benzene rings is 2. The van der Waals surface area contributed by atoms with Crippen molar-refractivity contribution in [2.45, 2.75) is 30.6 Å². The topological polar surface area (TPSA) is 92.8 Å². The van der Waals surface area contributed by atoms with Crippen LogP contribution in [-0.2, 0) is 15.7 Å². The van der Waals surface area contributed by atoms with Crippen LogP contribution in [0.3, 0.4) is 0 Å². The van der Waals surface area contributed by atoms with Crippen molar-refractivity contribution in [1.29, 1.82) is 0 Å². The van der Waals surface area contributed by atoms with Crippen LogP contribution in [-0.4, -0.2) is 55.8 Å². The van der Waals surface area contributed by atoms with Gasteiger partial charge < -0.3 is 20.1 Å². The first-order chi connectivity index (χ1) is 20.0. The number of pyridine rings is 1. The van der Waals surface area contributed by atoms with E-state index >= 15 is 8.78 Å². The van der Waals surface area contributed by atoms with Gasteiger partial charge in [-0.1, -0.05) is 11.6 Å². The maximum absolute atomic E-state index is 15.2. The largest absolute Gasteiger partial charge is 0.497 e. The highest BCUT2D eigenvalue weighted by Gasteiger charge is 2.49. The molecule has 2 N–H and O–H groups in total. The molecule has 3 heterocycles. The van der Waals surface area contributed by atoms with Gasteiger partial charge in [0.15, 0.2) is 0 Å². The first kappa shape index (κ1) is 29.5. The van der Waals surface area contributed by atoms with Crippen LogP contribution < -0.4 is 20.3 Å². The standard InChI is InChI=1S/C28H24ClF5N4O4/c1-41-17-10-19(30)22(20(31)11-17)18-12-38(27(40)24(18)37-26(39)14-2-4-15(29)5-3-14)25-23(28(32,33)34)21(6-8-35-25)36-16-7-9-42-13-16/h2-6,8,10-11,16,18,24H,7,9,12-13H2,1H3,(H,35,36)(H,37,39)/t16?,18-,24-/m0/s1. The summed E-state index contributed by atoms with van der Waals surface area (Å²) in [4.78, 5) is 31.4. The minimum atomic E-state index is -4.97. The zero-order valence-corrected chi connectivity index (χ0v) is 22.7. The van der Waals surface area contributed by atoms with Crippen molar-refractivity contribution in [3.05, 3.63) is 82.0 Å². The van der Waals surface area contributed by atoms with Crippen LogP contribution in [0, 0.1) is 11.6 Å². The Hall–Kier alpha value is -3.97. The summed E-state index contributed by atoms with van der Waals surface area (Å²) in [5, 5.41) is 5.58. The summed E-state index contributed by atoms with van der Waals surface area (Å²) in [5.41, 5.74) is -2.09. The third-order valence-corrected chi connectivity index (χ3v) is 7.38. The Labute approximate surface area is 241 Å². The summed E-state index contributed by atoms with van der Waals surface area (Å²) in [5.74, 6) is -6.37. The molecule has 2 fully saturated rings. The highest BCUT2D eigenvalue weighted by atomic mass is 35.5.